The van der Waals surface area contributed by atoms with Crippen molar-refractivity contribution in [1.29, 1.82) is 0 Å². The first kappa shape index (κ1) is 16.0. The third-order valence-corrected chi connectivity index (χ3v) is 4.21. The summed E-state index contributed by atoms with van der Waals surface area (Å²) < 4.78 is 5.13. The van der Waals surface area contributed by atoms with Crippen LogP contribution in [-0.2, 0) is 6.42 Å². The van der Waals surface area contributed by atoms with Crippen molar-refractivity contribution in [2.75, 3.05) is 7.11 Å². The first-order valence-corrected chi connectivity index (χ1v) is 8.03. The number of rotatable bonds is 6. The Bertz CT molecular complexity index is 783. The minimum atomic E-state index is -0.347. The third kappa shape index (κ3) is 3.73. The van der Waals surface area contributed by atoms with Crippen LogP contribution >= 0.6 is 11.3 Å². The van der Waals surface area contributed by atoms with Gasteiger partial charge in [0.1, 0.15) is 5.75 Å². The SMILES string of the molecule is COc1ccc(Cc2csc(C(=O)C=C(O)N3C=CNN3)n2)cc1. The van der Waals surface area contributed by atoms with Gasteiger partial charge in [-0.15, -0.1) is 16.9 Å². The molecule has 0 saturated heterocycles. The first-order valence-electron chi connectivity index (χ1n) is 7.15. The van der Waals surface area contributed by atoms with Gasteiger partial charge < -0.3 is 15.3 Å². The number of ketones is 1. The average molecular weight is 344 g/mol. The monoisotopic (exact) mass is 344 g/mol. The fourth-order valence-corrected chi connectivity index (χ4v) is 2.82. The lowest BCUT2D eigenvalue weighted by Crippen LogP contribution is -2.35. The van der Waals surface area contributed by atoms with E-state index >= 15 is 0 Å². The summed E-state index contributed by atoms with van der Waals surface area (Å²) in [7, 11) is 1.62. The maximum atomic E-state index is 12.2. The van der Waals surface area contributed by atoms with Crippen molar-refractivity contribution < 1.29 is 14.6 Å². The Labute approximate surface area is 142 Å². The number of methoxy groups -OCH3 is 1. The number of carbonyl (C=O) groups is 1. The molecule has 0 radical (unpaired) electrons. The topological polar surface area (TPSA) is 86.7 Å². The van der Waals surface area contributed by atoms with Crippen LogP contribution in [0.3, 0.4) is 0 Å². The van der Waals surface area contributed by atoms with Gasteiger partial charge in [-0.1, -0.05) is 12.1 Å². The Morgan fingerprint density at radius 1 is 1.42 bits per heavy atom. The number of thiazole rings is 1. The molecule has 0 spiro atoms. The minimum absolute atomic E-state index is 0.215. The van der Waals surface area contributed by atoms with E-state index in [0.717, 1.165) is 23.1 Å². The van der Waals surface area contributed by atoms with Crippen molar-refractivity contribution in [3.63, 3.8) is 0 Å². The van der Waals surface area contributed by atoms with E-state index in [2.05, 4.69) is 15.9 Å². The molecule has 0 bridgehead atoms. The van der Waals surface area contributed by atoms with Crippen LogP contribution in [0.1, 0.15) is 21.1 Å². The van der Waals surface area contributed by atoms with Gasteiger partial charge in [0.2, 0.25) is 11.7 Å². The number of aromatic nitrogens is 1. The molecule has 124 valence electrons. The summed E-state index contributed by atoms with van der Waals surface area (Å²) in [5.41, 5.74) is 7.19. The quantitative estimate of drug-likeness (QED) is 0.420. The highest BCUT2D eigenvalue weighted by molar-refractivity contribution is 7.11. The number of nitrogens with zero attached hydrogens (tertiary/aromatic N) is 2. The van der Waals surface area contributed by atoms with Crippen LogP contribution in [0.2, 0.25) is 0 Å². The van der Waals surface area contributed by atoms with Crippen molar-refractivity contribution in [3.05, 3.63) is 70.3 Å². The van der Waals surface area contributed by atoms with E-state index in [9.17, 15) is 9.90 Å². The van der Waals surface area contributed by atoms with Gasteiger partial charge in [0.25, 0.3) is 0 Å². The predicted molar refractivity (Wildman–Crippen MR) is 90.2 cm³/mol. The smallest absolute Gasteiger partial charge is 0.219 e. The summed E-state index contributed by atoms with van der Waals surface area (Å²) in [5, 5.41) is 13.3. The zero-order valence-corrected chi connectivity index (χ0v) is 13.7. The van der Waals surface area contributed by atoms with E-state index in [1.54, 1.807) is 19.5 Å². The number of aliphatic hydroxyl groups is 1. The van der Waals surface area contributed by atoms with E-state index in [-0.39, 0.29) is 11.7 Å². The highest BCUT2D eigenvalue weighted by Gasteiger charge is 2.14. The summed E-state index contributed by atoms with van der Waals surface area (Å²) in [5.74, 6) is 0.237. The second-order valence-electron chi connectivity index (χ2n) is 4.98. The number of hydrazine groups is 2. The fourth-order valence-electron chi connectivity index (χ4n) is 2.09. The average Bonchev–Trinajstić information content (AvgIpc) is 3.27. The van der Waals surface area contributed by atoms with Gasteiger partial charge >= 0.3 is 0 Å². The molecule has 1 aromatic heterocycles. The lowest BCUT2D eigenvalue weighted by Gasteiger charge is -2.12. The molecular formula is C16H16N4O3S. The van der Waals surface area contributed by atoms with Crippen LogP contribution in [-0.4, -0.2) is 28.0 Å². The molecule has 3 N–H and O–H groups in total. The van der Waals surface area contributed by atoms with Crippen LogP contribution in [0.25, 0.3) is 0 Å². The normalized spacial score (nSPS) is 13.9. The van der Waals surface area contributed by atoms with E-state index in [1.807, 2.05) is 29.6 Å². The Kier molecular flexibility index (Phi) is 4.78. The predicted octanol–water partition coefficient (Wildman–Crippen LogP) is 2.12. The van der Waals surface area contributed by atoms with E-state index in [0.29, 0.717) is 11.4 Å². The lowest BCUT2D eigenvalue weighted by molar-refractivity contribution is 0.103. The molecule has 3 rings (SSSR count). The number of hydrogen-bond acceptors (Lipinski definition) is 8. The van der Waals surface area contributed by atoms with Crippen molar-refractivity contribution >= 4 is 17.1 Å². The largest absolute Gasteiger partial charge is 0.497 e. The van der Waals surface area contributed by atoms with Crippen molar-refractivity contribution in [2.24, 2.45) is 0 Å². The number of allylic oxidation sites excluding steroid dienone is 1. The number of benzene rings is 1. The molecule has 2 heterocycles. The van der Waals surface area contributed by atoms with Gasteiger partial charge in [-0.2, -0.15) is 0 Å². The Morgan fingerprint density at radius 2 is 2.21 bits per heavy atom. The van der Waals surface area contributed by atoms with E-state index in [4.69, 9.17) is 4.74 Å². The van der Waals surface area contributed by atoms with Gasteiger partial charge in [-0.05, 0) is 17.7 Å². The minimum Gasteiger partial charge on any atom is -0.497 e. The van der Waals surface area contributed by atoms with Gasteiger partial charge in [0, 0.05) is 24.2 Å². The molecule has 0 aliphatic carbocycles. The molecule has 7 nitrogen and oxygen atoms in total. The van der Waals surface area contributed by atoms with Crippen molar-refractivity contribution in [3.8, 4) is 5.75 Å². The van der Waals surface area contributed by atoms with Crippen molar-refractivity contribution in [2.45, 2.75) is 6.42 Å². The second kappa shape index (κ2) is 7.16. The molecule has 0 unspecified atom stereocenters. The molecular weight excluding hydrogens is 328 g/mol. The lowest BCUT2D eigenvalue weighted by atomic mass is 10.1. The van der Waals surface area contributed by atoms with Gasteiger partial charge in [-0.25, -0.2) is 9.99 Å². The molecule has 24 heavy (non-hydrogen) atoms. The Balaban J connectivity index is 1.66. The fraction of sp³-hybridized carbons (Fsp3) is 0.125. The molecule has 1 aliphatic rings. The van der Waals surface area contributed by atoms with Crippen LogP contribution < -0.4 is 15.7 Å². The van der Waals surface area contributed by atoms with Crippen LogP contribution in [0, 0.1) is 0 Å². The molecule has 2 aromatic rings. The number of aliphatic hydroxyl groups excluding tert-OH is 1. The molecule has 8 heteroatoms. The number of carbonyl (C=O) groups excluding carboxylic acids is 1. The van der Waals surface area contributed by atoms with Crippen LogP contribution in [0.15, 0.2) is 54.0 Å². The van der Waals surface area contributed by atoms with Gasteiger partial charge in [0.05, 0.1) is 18.9 Å². The number of hydrogen-bond donors (Lipinski definition) is 3. The van der Waals surface area contributed by atoms with E-state index < -0.39 is 0 Å². The molecule has 1 aliphatic heterocycles. The molecule has 0 amide bonds. The summed E-state index contributed by atoms with van der Waals surface area (Å²) >= 11 is 1.26. The molecule has 0 fully saturated rings. The second-order valence-corrected chi connectivity index (χ2v) is 5.84. The van der Waals surface area contributed by atoms with Gasteiger partial charge in [-0.3, -0.25) is 4.79 Å². The highest BCUT2D eigenvalue weighted by Crippen LogP contribution is 2.18. The summed E-state index contributed by atoms with van der Waals surface area (Å²) in [6.45, 7) is 0. The van der Waals surface area contributed by atoms with Crippen LogP contribution in [0.5, 0.6) is 5.75 Å². The Morgan fingerprint density at radius 3 is 2.88 bits per heavy atom. The number of nitrogens with one attached hydrogen (secondary N) is 2. The van der Waals surface area contributed by atoms with Crippen molar-refractivity contribution in [1.82, 2.24) is 21.0 Å². The summed E-state index contributed by atoms with van der Waals surface area (Å²) in [4.78, 5) is 16.5. The maximum absolute atomic E-state index is 12.2. The molecule has 0 atom stereocenters. The zero-order valence-electron chi connectivity index (χ0n) is 12.9. The highest BCUT2D eigenvalue weighted by atomic mass is 32.1. The van der Waals surface area contributed by atoms with Gasteiger partial charge in [0.15, 0.2) is 5.01 Å². The van der Waals surface area contributed by atoms with E-state index in [1.165, 1.54) is 16.3 Å². The first-order chi connectivity index (χ1) is 11.7. The summed E-state index contributed by atoms with van der Waals surface area (Å²) in [6, 6.07) is 7.70. The number of ether oxygens (including phenoxy) is 1. The molecule has 0 saturated carbocycles. The Hall–Kier alpha value is -2.84. The molecule has 1 aromatic carbocycles. The maximum Gasteiger partial charge on any atom is 0.219 e. The summed E-state index contributed by atoms with van der Waals surface area (Å²) in [6.07, 6.45) is 4.89. The van der Waals surface area contributed by atoms with Crippen LogP contribution in [0.4, 0.5) is 0 Å². The zero-order chi connectivity index (χ0) is 16.9. The third-order valence-electron chi connectivity index (χ3n) is 3.31. The standard InChI is InChI=1S/C16H16N4O3S/c1-23-13-4-2-11(3-5-13)8-12-10-24-16(18-12)14(21)9-15(22)20-7-6-17-19-20/h2-7,9-10,17,19,22H,8H2,1H3.